The maximum absolute atomic E-state index is 12.8. The topological polar surface area (TPSA) is 52.7 Å². The Morgan fingerprint density at radius 1 is 1.00 bits per heavy atom. The van der Waals surface area contributed by atoms with E-state index in [1.165, 1.54) is 11.3 Å². The number of halogens is 2. The summed E-state index contributed by atoms with van der Waals surface area (Å²) in [4.78, 5) is 29.6. The third-order valence-corrected chi connectivity index (χ3v) is 7.26. The Hall–Kier alpha value is -2.28. The van der Waals surface area contributed by atoms with Crippen molar-refractivity contribution in [3.8, 4) is 0 Å². The average molecular weight is 476 g/mol. The van der Waals surface area contributed by atoms with Crippen molar-refractivity contribution < 1.29 is 9.59 Å². The van der Waals surface area contributed by atoms with Crippen molar-refractivity contribution >= 4 is 67.8 Å². The predicted molar refractivity (Wildman–Crippen MR) is 130 cm³/mol. The Kier molecular flexibility index (Phi) is 6.42. The van der Waals surface area contributed by atoms with Gasteiger partial charge in [0.05, 0.1) is 5.02 Å². The van der Waals surface area contributed by atoms with E-state index in [0.29, 0.717) is 20.6 Å². The number of rotatable bonds is 4. The Labute approximate surface area is 195 Å². The van der Waals surface area contributed by atoms with Crippen LogP contribution in [0.5, 0.6) is 0 Å². The molecule has 1 saturated heterocycles. The summed E-state index contributed by atoms with van der Waals surface area (Å²) in [5.41, 5.74) is 1.78. The maximum Gasteiger partial charge on any atom is 0.267 e. The van der Waals surface area contributed by atoms with E-state index in [4.69, 9.17) is 23.2 Å². The van der Waals surface area contributed by atoms with E-state index in [1.54, 1.807) is 6.07 Å². The van der Waals surface area contributed by atoms with E-state index in [0.717, 1.165) is 42.0 Å². The van der Waals surface area contributed by atoms with Crippen LogP contribution >= 0.6 is 34.5 Å². The van der Waals surface area contributed by atoms with Gasteiger partial charge in [0.1, 0.15) is 4.88 Å². The van der Waals surface area contributed by atoms with Gasteiger partial charge in [0, 0.05) is 58.6 Å². The van der Waals surface area contributed by atoms with E-state index in [-0.39, 0.29) is 17.7 Å². The molecule has 0 saturated carbocycles. The zero-order chi connectivity index (χ0) is 22.1. The molecule has 0 bridgehead atoms. The molecule has 162 valence electrons. The van der Waals surface area contributed by atoms with Crippen molar-refractivity contribution in [2.45, 2.75) is 13.8 Å². The molecular weight excluding hydrogens is 453 g/mol. The number of carbonyl (C=O) groups excluding carboxylic acids is 2. The van der Waals surface area contributed by atoms with Crippen molar-refractivity contribution in [3.05, 3.63) is 57.4 Å². The van der Waals surface area contributed by atoms with E-state index < -0.39 is 0 Å². The van der Waals surface area contributed by atoms with Gasteiger partial charge in [-0.15, -0.1) is 11.3 Å². The molecule has 0 aliphatic carbocycles. The number of nitrogens with zero attached hydrogens (tertiary/aromatic N) is 2. The predicted octanol–water partition coefficient (Wildman–Crippen LogP) is 5.77. The summed E-state index contributed by atoms with van der Waals surface area (Å²) in [6, 6.07) is 13.2. The van der Waals surface area contributed by atoms with Crippen molar-refractivity contribution in [1.29, 1.82) is 0 Å². The molecule has 1 aliphatic heterocycles. The zero-order valence-corrected chi connectivity index (χ0v) is 19.7. The summed E-state index contributed by atoms with van der Waals surface area (Å²) in [7, 11) is 0. The van der Waals surface area contributed by atoms with Crippen LogP contribution in [-0.2, 0) is 4.79 Å². The van der Waals surface area contributed by atoms with Crippen LogP contribution in [0.4, 0.5) is 11.4 Å². The van der Waals surface area contributed by atoms with Crippen LogP contribution in [0.15, 0.2) is 42.5 Å². The van der Waals surface area contributed by atoms with Crippen LogP contribution in [0.1, 0.15) is 23.5 Å². The summed E-state index contributed by atoms with van der Waals surface area (Å²) in [5, 5.41) is 4.80. The molecule has 4 rings (SSSR count). The lowest BCUT2D eigenvalue weighted by molar-refractivity contribution is -0.134. The molecule has 2 heterocycles. The van der Waals surface area contributed by atoms with Gasteiger partial charge in [0.15, 0.2) is 0 Å². The van der Waals surface area contributed by atoms with Crippen LogP contribution in [0, 0.1) is 5.92 Å². The molecule has 1 fully saturated rings. The highest BCUT2D eigenvalue weighted by atomic mass is 35.5. The van der Waals surface area contributed by atoms with E-state index in [2.05, 4.69) is 10.2 Å². The molecule has 0 radical (unpaired) electrons. The largest absolute Gasteiger partial charge is 0.368 e. The minimum atomic E-state index is -0.240. The molecule has 2 aromatic carbocycles. The Morgan fingerprint density at radius 3 is 2.32 bits per heavy atom. The van der Waals surface area contributed by atoms with Gasteiger partial charge < -0.3 is 15.1 Å². The van der Waals surface area contributed by atoms with Gasteiger partial charge in [-0.3, -0.25) is 9.59 Å². The number of thiophene rings is 1. The van der Waals surface area contributed by atoms with Gasteiger partial charge in [0.25, 0.3) is 5.91 Å². The first-order chi connectivity index (χ1) is 14.8. The van der Waals surface area contributed by atoms with Gasteiger partial charge >= 0.3 is 0 Å². The van der Waals surface area contributed by atoms with E-state index in [1.807, 2.05) is 55.1 Å². The molecule has 1 aliphatic rings. The summed E-state index contributed by atoms with van der Waals surface area (Å²) >= 11 is 13.8. The van der Waals surface area contributed by atoms with Crippen LogP contribution in [0.25, 0.3) is 10.1 Å². The monoisotopic (exact) mass is 475 g/mol. The third kappa shape index (κ3) is 4.66. The number of amides is 2. The lowest BCUT2D eigenvalue weighted by Gasteiger charge is -2.37. The Balaban J connectivity index is 1.41. The molecule has 8 heteroatoms. The lowest BCUT2D eigenvalue weighted by Crippen LogP contribution is -2.49. The number of hydrogen-bond donors (Lipinski definition) is 1. The summed E-state index contributed by atoms with van der Waals surface area (Å²) in [5.74, 6) is -0.00311. The van der Waals surface area contributed by atoms with Crippen LogP contribution in [0.2, 0.25) is 10.0 Å². The highest BCUT2D eigenvalue weighted by molar-refractivity contribution is 7.21. The summed E-state index contributed by atoms with van der Waals surface area (Å²) in [6.07, 6.45) is 0. The van der Waals surface area contributed by atoms with Crippen LogP contribution < -0.4 is 10.2 Å². The average Bonchev–Trinajstić information content (AvgIpc) is 3.09. The molecule has 31 heavy (non-hydrogen) atoms. The first-order valence-corrected chi connectivity index (χ1v) is 11.7. The minimum Gasteiger partial charge on any atom is -0.368 e. The molecule has 0 unspecified atom stereocenters. The molecule has 3 aromatic rings. The maximum atomic E-state index is 12.8. The molecule has 1 N–H and O–H groups in total. The third-order valence-electron chi connectivity index (χ3n) is 5.37. The van der Waals surface area contributed by atoms with Crippen molar-refractivity contribution in [3.63, 3.8) is 0 Å². The Bertz CT molecular complexity index is 1120. The van der Waals surface area contributed by atoms with Gasteiger partial charge in [-0.25, -0.2) is 0 Å². The van der Waals surface area contributed by atoms with Gasteiger partial charge in [-0.1, -0.05) is 43.1 Å². The molecule has 0 atom stereocenters. The van der Waals surface area contributed by atoms with E-state index in [9.17, 15) is 9.59 Å². The van der Waals surface area contributed by atoms with Crippen molar-refractivity contribution in [2.75, 3.05) is 36.4 Å². The number of fused-ring (bicyclic) bond motifs is 1. The van der Waals surface area contributed by atoms with Crippen LogP contribution in [0.3, 0.4) is 0 Å². The van der Waals surface area contributed by atoms with Gasteiger partial charge in [-0.2, -0.15) is 0 Å². The number of anilines is 2. The first-order valence-electron chi connectivity index (χ1n) is 10.2. The number of piperazine rings is 1. The first kappa shape index (κ1) is 21.9. The normalized spacial score (nSPS) is 14.4. The fraction of sp³-hybridized carbons (Fsp3) is 0.304. The molecule has 0 spiro atoms. The second-order valence-electron chi connectivity index (χ2n) is 7.85. The van der Waals surface area contributed by atoms with Crippen molar-refractivity contribution in [1.82, 2.24) is 4.90 Å². The Morgan fingerprint density at radius 2 is 1.68 bits per heavy atom. The number of benzene rings is 2. The molecule has 2 amide bonds. The van der Waals surface area contributed by atoms with Crippen LogP contribution in [-0.4, -0.2) is 42.9 Å². The van der Waals surface area contributed by atoms with Gasteiger partial charge in [-0.05, 0) is 36.4 Å². The standard InChI is InChI=1S/C23H23Cl2N3O2S/c1-14(2)23(30)28-11-9-27(10-12-28)17-6-4-16(5-7-17)26-22(29)21-20(25)18-8-3-15(24)13-19(18)31-21/h3-8,13-14H,9-12H2,1-2H3,(H,26,29). The molecule has 5 nitrogen and oxygen atoms in total. The fourth-order valence-electron chi connectivity index (χ4n) is 3.68. The van der Waals surface area contributed by atoms with Gasteiger partial charge in [0.2, 0.25) is 5.91 Å². The summed E-state index contributed by atoms with van der Waals surface area (Å²) in [6.45, 7) is 6.91. The molecule has 1 aromatic heterocycles. The highest BCUT2D eigenvalue weighted by Gasteiger charge is 2.23. The number of nitrogens with one attached hydrogen (secondary N) is 1. The lowest BCUT2D eigenvalue weighted by atomic mass is 10.1. The van der Waals surface area contributed by atoms with E-state index >= 15 is 0 Å². The fourth-order valence-corrected chi connectivity index (χ4v) is 5.37. The van der Waals surface area contributed by atoms with Crippen molar-refractivity contribution in [2.24, 2.45) is 5.92 Å². The highest BCUT2D eigenvalue weighted by Crippen LogP contribution is 2.37. The zero-order valence-electron chi connectivity index (χ0n) is 17.3. The number of carbonyl (C=O) groups is 2. The second kappa shape index (κ2) is 9.07. The smallest absolute Gasteiger partial charge is 0.267 e. The number of hydrogen-bond acceptors (Lipinski definition) is 4. The molecular formula is C23H23Cl2N3O2S. The SMILES string of the molecule is CC(C)C(=O)N1CCN(c2ccc(NC(=O)c3sc4cc(Cl)ccc4c3Cl)cc2)CC1. The second-order valence-corrected chi connectivity index (χ2v) is 9.72. The quantitative estimate of drug-likeness (QED) is 0.521. The minimum absolute atomic E-state index is 0.0286. The summed E-state index contributed by atoms with van der Waals surface area (Å²) < 4.78 is 0.882.